The van der Waals surface area contributed by atoms with Crippen molar-refractivity contribution in [3.63, 3.8) is 0 Å². The fraction of sp³-hybridized carbons (Fsp3) is 0.917. The molecule has 0 aliphatic heterocycles. The van der Waals surface area contributed by atoms with Crippen molar-refractivity contribution in [3.8, 4) is 0 Å². The van der Waals surface area contributed by atoms with Gasteiger partial charge in [0.05, 0.1) is 6.54 Å². The first-order valence-electron chi connectivity index (χ1n) is 6.40. The van der Waals surface area contributed by atoms with E-state index in [-0.39, 0.29) is 5.91 Å². The second kappa shape index (κ2) is 8.53. The van der Waals surface area contributed by atoms with E-state index >= 15 is 0 Å². The molecule has 4 heteroatoms. The third-order valence-electron chi connectivity index (χ3n) is 2.56. The van der Waals surface area contributed by atoms with E-state index in [9.17, 15) is 4.79 Å². The van der Waals surface area contributed by atoms with Gasteiger partial charge in [-0.2, -0.15) is 0 Å². The highest BCUT2D eigenvalue weighted by atomic mass is 16.5. The van der Waals surface area contributed by atoms with Gasteiger partial charge >= 0.3 is 0 Å². The van der Waals surface area contributed by atoms with E-state index in [0.717, 1.165) is 32.6 Å². The van der Waals surface area contributed by atoms with Crippen LogP contribution in [0.1, 0.15) is 39.0 Å². The molecule has 1 fully saturated rings. The minimum absolute atomic E-state index is 0.0976. The van der Waals surface area contributed by atoms with E-state index in [1.165, 1.54) is 19.3 Å². The van der Waals surface area contributed by atoms with Gasteiger partial charge in [0.15, 0.2) is 0 Å². The average Bonchev–Trinajstić information content (AvgIpc) is 3.09. The van der Waals surface area contributed by atoms with Crippen molar-refractivity contribution in [1.82, 2.24) is 10.6 Å². The molecule has 0 aromatic rings. The molecule has 16 heavy (non-hydrogen) atoms. The largest absolute Gasteiger partial charge is 0.381 e. The zero-order valence-corrected chi connectivity index (χ0v) is 10.3. The lowest BCUT2D eigenvalue weighted by atomic mass is 10.3. The van der Waals surface area contributed by atoms with Gasteiger partial charge in [-0.1, -0.05) is 13.3 Å². The summed E-state index contributed by atoms with van der Waals surface area (Å²) in [6, 6.07) is 0.600. The van der Waals surface area contributed by atoms with E-state index in [0.29, 0.717) is 12.6 Å². The van der Waals surface area contributed by atoms with Crippen molar-refractivity contribution >= 4 is 5.91 Å². The maximum Gasteiger partial charge on any atom is 0.233 e. The van der Waals surface area contributed by atoms with Gasteiger partial charge in [-0.25, -0.2) is 0 Å². The Morgan fingerprint density at radius 2 is 2.06 bits per heavy atom. The number of carbonyl (C=O) groups is 1. The van der Waals surface area contributed by atoms with Crippen LogP contribution in [-0.2, 0) is 9.53 Å². The molecule has 0 atom stereocenters. The predicted molar refractivity (Wildman–Crippen MR) is 64.4 cm³/mol. The Labute approximate surface area is 98.1 Å². The summed E-state index contributed by atoms with van der Waals surface area (Å²) in [7, 11) is 0. The molecular weight excluding hydrogens is 204 g/mol. The number of carbonyl (C=O) groups excluding carboxylic acids is 1. The van der Waals surface area contributed by atoms with E-state index in [4.69, 9.17) is 4.74 Å². The maximum atomic E-state index is 11.3. The standard InChI is InChI=1S/C12H24N2O2/c1-2-3-8-16-9-4-7-13-12(15)10-14-11-5-6-11/h11,14H,2-10H2,1H3,(H,13,15). The van der Waals surface area contributed by atoms with Crippen molar-refractivity contribution in [1.29, 1.82) is 0 Å². The van der Waals surface area contributed by atoms with Crippen molar-refractivity contribution in [2.75, 3.05) is 26.3 Å². The molecule has 0 radical (unpaired) electrons. The summed E-state index contributed by atoms with van der Waals surface area (Å²) in [6.07, 6.45) is 5.64. The van der Waals surface area contributed by atoms with E-state index < -0.39 is 0 Å². The lowest BCUT2D eigenvalue weighted by molar-refractivity contribution is -0.120. The number of hydrogen-bond donors (Lipinski definition) is 2. The third-order valence-corrected chi connectivity index (χ3v) is 2.56. The molecule has 0 aromatic carbocycles. The van der Waals surface area contributed by atoms with Crippen molar-refractivity contribution < 1.29 is 9.53 Å². The van der Waals surface area contributed by atoms with E-state index in [1.807, 2.05) is 0 Å². The molecule has 1 amide bonds. The van der Waals surface area contributed by atoms with Gasteiger partial charge in [-0.3, -0.25) is 4.79 Å². The van der Waals surface area contributed by atoms with Crippen molar-refractivity contribution in [2.24, 2.45) is 0 Å². The molecule has 1 aliphatic carbocycles. The van der Waals surface area contributed by atoms with Crippen molar-refractivity contribution in [2.45, 2.75) is 45.1 Å². The van der Waals surface area contributed by atoms with Crippen LogP contribution in [0.25, 0.3) is 0 Å². The zero-order chi connectivity index (χ0) is 11.6. The topological polar surface area (TPSA) is 50.4 Å². The molecule has 1 rings (SSSR count). The maximum absolute atomic E-state index is 11.3. The minimum atomic E-state index is 0.0976. The highest BCUT2D eigenvalue weighted by molar-refractivity contribution is 5.77. The predicted octanol–water partition coefficient (Wildman–Crippen LogP) is 1.06. The van der Waals surface area contributed by atoms with E-state index in [2.05, 4.69) is 17.6 Å². The second-order valence-electron chi connectivity index (χ2n) is 4.32. The smallest absolute Gasteiger partial charge is 0.233 e. The van der Waals surface area contributed by atoms with E-state index in [1.54, 1.807) is 0 Å². The Kier molecular flexibility index (Phi) is 7.17. The molecule has 2 N–H and O–H groups in total. The third kappa shape index (κ3) is 7.65. The monoisotopic (exact) mass is 228 g/mol. The van der Waals surface area contributed by atoms with Crippen LogP contribution in [0.4, 0.5) is 0 Å². The molecule has 0 spiro atoms. The van der Waals surface area contributed by atoms with Gasteiger partial charge in [-0.05, 0) is 25.7 Å². The highest BCUT2D eigenvalue weighted by Crippen LogP contribution is 2.17. The molecule has 0 aromatic heterocycles. The Bertz CT molecular complexity index is 193. The second-order valence-corrected chi connectivity index (χ2v) is 4.32. The first-order valence-corrected chi connectivity index (χ1v) is 6.40. The molecule has 0 saturated heterocycles. The molecule has 0 bridgehead atoms. The fourth-order valence-electron chi connectivity index (χ4n) is 1.34. The summed E-state index contributed by atoms with van der Waals surface area (Å²) in [5.41, 5.74) is 0. The van der Waals surface area contributed by atoms with Crippen LogP contribution in [0.2, 0.25) is 0 Å². The number of nitrogens with one attached hydrogen (secondary N) is 2. The summed E-state index contributed by atoms with van der Waals surface area (Å²) in [4.78, 5) is 11.3. The number of rotatable bonds is 10. The summed E-state index contributed by atoms with van der Waals surface area (Å²) in [5, 5.41) is 6.06. The highest BCUT2D eigenvalue weighted by Gasteiger charge is 2.20. The molecule has 1 aliphatic rings. The number of unbranched alkanes of at least 4 members (excludes halogenated alkanes) is 1. The first kappa shape index (κ1) is 13.5. The molecule has 94 valence electrons. The van der Waals surface area contributed by atoms with Crippen LogP contribution in [-0.4, -0.2) is 38.3 Å². The average molecular weight is 228 g/mol. The zero-order valence-electron chi connectivity index (χ0n) is 10.3. The Morgan fingerprint density at radius 1 is 1.31 bits per heavy atom. The van der Waals surface area contributed by atoms with Crippen LogP contribution >= 0.6 is 0 Å². The lowest BCUT2D eigenvalue weighted by Crippen LogP contribution is -2.35. The summed E-state index contributed by atoms with van der Waals surface area (Å²) in [6.45, 7) is 4.92. The van der Waals surface area contributed by atoms with Gasteiger partial charge < -0.3 is 15.4 Å². The van der Waals surface area contributed by atoms with Gasteiger partial charge in [-0.15, -0.1) is 0 Å². The molecule has 0 unspecified atom stereocenters. The van der Waals surface area contributed by atoms with Gasteiger partial charge in [0, 0.05) is 25.8 Å². The minimum Gasteiger partial charge on any atom is -0.381 e. The van der Waals surface area contributed by atoms with Gasteiger partial charge in [0.1, 0.15) is 0 Å². The molecule has 0 heterocycles. The quantitative estimate of drug-likeness (QED) is 0.550. The van der Waals surface area contributed by atoms with Gasteiger partial charge in [0.2, 0.25) is 5.91 Å². The SMILES string of the molecule is CCCCOCCCNC(=O)CNC1CC1. The molecule has 1 saturated carbocycles. The first-order chi connectivity index (χ1) is 7.83. The van der Waals surface area contributed by atoms with Gasteiger partial charge in [0.25, 0.3) is 0 Å². The Hall–Kier alpha value is -0.610. The number of ether oxygens (including phenoxy) is 1. The van der Waals surface area contributed by atoms with Crippen LogP contribution in [0.5, 0.6) is 0 Å². The molecule has 4 nitrogen and oxygen atoms in total. The number of hydrogen-bond acceptors (Lipinski definition) is 3. The fourth-order valence-corrected chi connectivity index (χ4v) is 1.34. The van der Waals surface area contributed by atoms with Crippen LogP contribution < -0.4 is 10.6 Å². The van der Waals surface area contributed by atoms with Crippen LogP contribution in [0, 0.1) is 0 Å². The summed E-state index contributed by atoms with van der Waals surface area (Å²) in [5.74, 6) is 0.0976. The van der Waals surface area contributed by atoms with Crippen LogP contribution in [0.15, 0.2) is 0 Å². The Balaban J connectivity index is 1.76. The molecular formula is C12H24N2O2. The van der Waals surface area contributed by atoms with Crippen molar-refractivity contribution in [3.05, 3.63) is 0 Å². The Morgan fingerprint density at radius 3 is 2.75 bits per heavy atom. The summed E-state index contributed by atoms with van der Waals surface area (Å²) >= 11 is 0. The summed E-state index contributed by atoms with van der Waals surface area (Å²) < 4.78 is 5.40. The normalized spacial score (nSPS) is 15.1. The lowest BCUT2D eigenvalue weighted by Gasteiger charge is -2.06. The van der Waals surface area contributed by atoms with Crippen LogP contribution in [0.3, 0.4) is 0 Å². The number of amides is 1.